The van der Waals surface area contributed by atoms with Gasteiger partial charge in [0.15, 0.2) is 17.5 Å². The molecule has 1 saturated heterocycles. The van der Waals surface area contributed by atoms with Crippen molar-refractivity contribution in [3.8, 4) is 17.2 Å². The number of ether oxygens (including phenoxy) is 3. The van der Waals surface area contributed by atoms with Crippen molar-refractivity contribution in [2.45, 2.75) is 45.8 Å². The summed E-state index contributed by atoms with van der Waals surface area (Å²) in [6, 6.07) is 4.02. The van der Waals surface area contributed by atoms with Crippen molar-refractivity contribution in [3.63, 3.8) is 0 Å². The lowest BCUT2D eigenvalue weighted by atomic mass is 9.98. The van der Waals surface area contributed by atoms with Gasteiger partial charge in [-0.15, -0.1) is 0 Å². The number of hydrogen-bond acceptors (Lipinski definition) is 6. The molecule has 0 amide bonds. The Morgan fingerprint density at radius 2 is 1.58 bits per heavy atom. The van der Waals surface area contributed by atoms with Crippen molar-refractivity contribution in [2.24, 2.45) is 4.99 Å². The van der Waals surface area contributed by atoms with Crippen LogP contribution in [0.15, 0.2) is 17.1 Å². The monoisotopic (exact) mass is 436 g/mol. The lowest BCUT2D eigenvalue weighted by Crippen LogP contribution is -2.52. The van der Waals surface area contributed by atoms with Gasteiger partial charge >= 0.3 is 0 Å². The maximum absolute atomic E-state index is 10.6. The molecule has 8 nitrogen and oxygen atoms in total. The molecule has 1 fully saturated rings. The van der Waals surface area contributed by atoms with Crippen LogP contribution in [0.2, 0.25) is 0 Å². The first-order chi connectivity index (χ1) is 14.9. The standard InChI is InChI=1S/C23H40N4O4/c1-7-23(28,8-2)17-25-22(24-9-3)27-12-10-26(11-13-27)16-18-14-19(29-4)21(31-6)20(15-18)30-5/h14-15,28H,7-13,16-17H2,1-6H3,(H,24,25). The summed E-state index contributed by atoms with van der Waals surface area (Å²) in [6.45, 7) is 11.7. The lowest BCUT2D eigenvalue weighted by Gasteiger charge is -2.37. The number of aliphatic imine (C=N–C) groups is 1. The van der Waals surface area contributed by atoms with Crippen LogP contribution in [-0.4, -0.2) is 87.1 Å². The van der Waals surface area contributed by atoms with Crippen molar-refractivity contribution in [1.82, 2.24) is 15.1 Å². The number of hydrogen-bond donors (Lipinski definition) is 2. The molecule has 0 radical (unpaired) electrons. The molecular formula is C23H40N4O4. The Labute approximate surface area is 187 Å². The number of aliphatic hydroxyl groups is 1. The number of methoxy groups -OCH3 is 3. The third kappa shape index (κ3) is 6.64. The summed E-state index contributed by atoms with van der Waals surface area (Å²) < 4.78 is 16.4. The highest BCUT2D eigenvalue weighted by molar-refractivity contribution is 5.80. The third-order valence-electron chi connectivity index (χ3n) is 5.98. The molecule has 1 aliphatic heterocycles. The smallest absolute Gasteiger partial charge is 0.203 e. The van der Waals surface area contributed by atoms with Crippen LogP contribution in [0.3, 0.4) is 0 Å². The predicted octanol–water partition coefficient (Wildman–Crippen LogP) is 2.35. The number of nitrogens with zero attached hydrogens (tertiary/aromatic N) is 3. The highest BCUT2D eigenvalue weighted by atomic mass is 16.5. The maximum atomic E-state index is 10.6. The van der Waals surface area contributed by atoms with Crippen LogP contribution in [0.1, 0.15) is 39.2 Å². The van der Waals surface area contributed by atoms with Crippen molar-refractivity contribution >= 4 is 5.96 Å². The minimum absolute atomic E-state index is 0.425. The number of nitrogens with one attached hydrogen (secondary N) is 1. The Hall–Kier alpha value is -2.19. The van der Waals surface area contributed by atoms with Gasteiger partial charge in [0, 0.05) is 39.3 Å². The molecule has 1 aromatic carbocycles. The fourth-order valence-electron chi connectivity index (χ4n) is 3.72. The number of benzene rings is 1. The van der Waals surface area contributed by atoms with E-state index in [4.69, 9.17) is 19.2 Å². The van der Waals surface area contributed by atoms with E-state index >= 15 is 0 Å². The average Bonchev–Trinajstić information content (AvgIpc) is 2.81. The van der Waals surface area contributed by atoms with E-state index in [1.807, 2.05) is 26.0 Å². The van der Waals surface area contributed by atoms with Crippen molar-refractivity contribution in [3.05, 3.63) is 17.7 Å². The van der Waals surface area contributed by atoms with E-state index in [9.17, 15) is 5.11 Å². The molecule has 0 bridgehead atoms. The molecule has 0 atom stereocenters. The second kappa shape index (κ2) is 12.0. The molecule has 0 unspecified atom stereocenters. The molecule has 176 valence electrons. The molecular weight excluding hydrogens is 396 g/mol. The van der Waals surface area contributed by atoms with Gasteiger partial charge in [0.25, 0.3) is 0 Å². The summed E-state index contributed by atoms with van der Waals surface area (Å²) >= 11 is 0. The fourth-order valence-corrected chi connectivity index (χ4v) is 3.72. The SMILES string of the molecule is CCNC(=NCC(O)(CC)CC)N1CCN(Cc2cc(OC)c(OC)c(OC)c2)CC1. The molecule has 2 rings (SSSR count). The van der Waals surface area contributed by atoms with E-state index in [0.29, 0.717) is 36.6 Å². The summed E-state index contributed by atoms with van der Waals surface area (Å²) in [4.78, 5) is 9.43. The van der Waals surface area contributed by atoms with Crippen LogP contribution in [0.4, 0.5) is 0 Å². The Morgan fingerprint density at radius 1 is 1.00 bits per heavy atom. The largest absolute Gasteiger partial charge is 0.493 e. The Kier molecular flexibility index (Phi) is 9.71. The molecule has 0 spiro atoms. The molecule has 0 aliphatic carbocycles. The topological polar surface area (TPSA) is 78.8 Å². The van der Waals surface area contributed by atoms with Crippen LogP contribution >= 0.6 is 0 Å². The molecule has 2 N–H and O–H groups in total. The fraction of sp³-hybridized carbons (Fsp3) is 0.696. The van der Waals surface area contributed by atoms with Gasteiger partial charge in [0.2, 0.25) is 5.75 Å². The molecule has 0 aromatic heterocycles. The second-order valence-electron chi connectivity index (χ2n) is 7.90. The summed E-state index contributed by atoms with van der Waals surface area (Å²) in [5.41, 5.74) is 0.397. The third-order valence-corrected chi connectivity index (χ3v) is 5.98. The minimum atomic E-state index is -0.727. The van der Waals surface area contributed by atoms with E-state index in [1.165, 1.54) is 0 Å². The summed E-state index contributed by atoms with van der Waals surface area (Å²) in [5.74, 6) is 2.85. The van der Waals surface area contributed by atoms with Gasteiger partial charge in [-0.25, -0.2) is 0 Å². The van der Waals surface area contributed by atoms with Gasteiger partial charge in [0.05, 0.1) is 33.5 Å². The molecule has 8 heteroatoms. The number of guanidine groups is 1. The summed E-state index contributed by atoms with van der Waals surface area (Å²) in [6.07, 6.45) is 1.41. The molecule has 31 heavy (non-hydrogen) atoms. The van der Waals surface area contributed by atoms with Crippen molar-refractivity contribution in [1.29, 1.82) is 0 Å². The van der Waals surface area contributed by atoms with E-state index in [-0.39, 0.29) is 0 Å². The van der Waals surface area contributed by atoms with Gasteiger partial charge in [-0.2, -0.15) is 0 Å². The van der Waals surface area contributed by atoms with E-state index in [1.54, 1.807) is 21.3 Å². The van der Waals surface area contributed by atoms with Gasteiger partial charge < -0.3 is 29.5 Å². The Bertz CT molecular complexity index is 689. The van der Waals surface area contributed by atoms with Crippen LogP contribution in [0, 0.1) is 0 Å². The number of piperazine rings is 1. The van der Waals surface area contributed by atoms with Gasteiger partial charge in [0.1, 0.15) is 0 Å². The van der Waals surface area contributed by atoms with Gasteiger partial charge in [-0.05, 0) is 37.5 Å². The first-order valence-corrected chi connectivity index (χ1v) is 11.2. The van der Waals surface area contributed by atoms with Crippen LogP contribution in [-0.2, 0) is 6.54 Å². The van der Waals surface area contributed by atoms with Crippen LogP contribution in [0.25, 0.3) is 0 Å². The molecule has 0 saturated carbocycles. The zero-order valence-electron chi connectivity index (χ0n) is 20.0. The minimum Gasteiger partial charge on any atom is -0.493 e. The van der Waals surface area contributed by atoms with E-state index in [0.717, 1.165) is 50.8 Å². The van der Waals surface area contributed by atoms with Gasteiger partial charge in [-0.3, -0.25) is 9.89 Å². The van der Waals surface area contributed by atoms with Crippen LogP contribution in [0.5, 0.6) is 17.2 Å². The second-order valence-corrected chi connectivity index (χ2v) is 7.90. The first-order valence-electron chi connectivity index (χ1n) is 11.2. The molecule has 1 aromatic rings. The zero-order chi connectivity index (χ0) is 22.9. The summed E-state index contributed by atoms with van der Waals surface area (Å²) in [5, 5.41) is 14.0. The van der Waals surface area contributed by atoms with E-state index in [2.05, 4.69) is 22.0 Å². The highest BCUT2D eigenvalue weighted by Gasteiger charge is 2.24. The van der Waals surface area contributed by atoms with Crippen molar-refractivity contribution in [2.75, 3.05) is 60.6 Å². The average molecular weight is 437 g/mol. The Morgan fingerprint density at radius 3 is 2.03 bits per heavy atom. The predicted molar refractivity (Wildman–Crippen MR) is 124 cm³/mol. The first kappa shape index (κ1) is 25.1. The zero-order valence-corrected chi connectivity index (χ0v) is 20.0. The van der Waals surface area contributed by atoms with E-state index < -0.39 is 5.60 Å². The van der Waals surface area contributed by atoms with Gasteiger partial charge in [-0.1, -0.05) is 13.8 Å². The molecule has 1 aliphatic rings. The molecule has 1 heterocycles. The summed E-state index contributed by atoms with van der Waals surface area (Å²) in [7, 11) is 4.89. The lowest BCUT2D eigenvalue weighted by molar-refractivity contribution is 0.0414. The quantitative estimate of drug-likeness (QED) is 0.431. The maximum Gasteiger partial charge on any atom is 0.203 e. The van der Waals surface area contributed by atoms with Crippen LogP contribution < -0.4 is 19.5 Å². The van der Waals surface area contributed by atoms with Crippen molar-refractivity contribution < 1.29 is 19.3 Å². The highest BCUT2D eigenvalue weighted by Crippen LogP contribution is 2.38. The number of rotatable bonds is 10. The Balaban J connectivity index is 2.03. The normalized spacial score (nSPS) is 15.7.